The highest BCUT2D eigenvalue weighted by molar-refractivity contribution is 6.36. The third-order valence-corrected chi connectivity index (χ3v) is 5.41. The zero-order valence-corrected chi connectivity index (χ0v) is 15.7. The summed E-state index contributed by atoms with van der Waals surface area (Å²) >= 11 is 12.8. The van der Waals surface area contributed by atoms with Crippen LogP contribution in [0, 0.1) is 11.3 Å². The van der Waals surface area contributed by atoms with Crippen LogP contribution in [-0.4, -0.2) is 4.57 Å². The van der Waals surface area contributed by atoms with Crippen LogP contribution in [0.1, 0.15) is 17.0 Å². The summed E-state index contributed by atoms with van der Waals surface area (Å²) in [5.74, 6) is -0.557. The first kappa shape index (κ1) is 17.5. The highest BCUT2D eigenvalue weighted by atomic mass is 35.5. The Labute approximate surface area is 164 Å². The number of para-hydroxylation sites is 1. The smallest absolute Gasteiger partial charge is 0.258 e. The standard InChI is InChI=1S/C20H13Cl2N3O2/c1-25-14-8-3-2-5-10(14)18-17(20(25)26)15(11(9-23)19(24)27-18)16-12(21)6-4-7-13(16)22/h2-8,15H,24H2,1H3/t15-/m0/s1. The summed E-state index contributed by atoms with van der Waals surface area (Å²) in [5.41, 5.74) is 7.29. The fraction of sp³-hybridized carbons (Fsp3) is 0.100. The van der Waals surface area contributed by atoms with Gasteiger partial charge in [0.1, 0.15) is 17.4 Å². The summed E-state index contributed by atoms with van der Waals surface area (Å²) in [6.45, 7) is 0. The Morgan fingerprint density at radius 3 is 2.44 bits per heavy atom. The molecule has 1 aromatic heterocycles. The Balaban J connectivity index is 2.19. The van der Waals surface area contributed by atoms with E-state index >= 15 is 0 Å². The van der Waals surface area contributed by atoms with E-state index in [-0.39, 0.29) is 22.6 Å². The number of aromatic nitrogens is 1. The average molecular weight is 398 g/mol. The number of halogens is 2. The van der Waals surface area contributed by atoms with Gasteiger partial charge in [0.15, 0.2) is 0 Å². The van der Waals surface area contributed by atoms with Gasteiger partial charge in [-0.25, -0.2) is 0 Å². The molecule has 1 atom stereocenters. The zero-order valence-electron chi connectivity index (χ0n) is 14.2. The van der Waals surface area contributed by atoms with E-state index < -0.39 is 5.92 Å². The molecule has 134 valence electrons. The minimum absolute atomic E-state index is 0.0654. The van der Waals surface area contributed by atoms with Gasteiger partial charge in [-0.1, -0.05) is 41.4 Å². The molecule has 2 N–H and O–H groups in total. The van der Waals surface area contributed by atoms with Gasteiger partial charge in [-0.05, 0) is 24.3 Å². The second-order valence-electron chi connectivity index (χ2n) is 6.18. The molecule has 0 fully saturated rings. The van der Waals surface area contributed by atoms with Crippen molar-refractivity contribution in [1.82, 2.24) is 4.57 Å². The third kappa shape index (κ3) is 2.49. The first-order chi connectivity index (χ1) is 13.0. The van der Waals surface area contributed by atoms with Crippen molar-refractivity contribution < 1.29 is 4.74 Å². The number of hydrogen-bond donors (Lipinski definition) is 1. The van der Waals surface area contributed by atoms with E-state index in [1.807, 2.05) is 24.3 Å². The Hall–Kier alpha value is -2.94. The largest absolute Gasteiger partial charge is 0.439 e. The molecule has 0 saturated heterocycles. The number of pyridine rings is 1. The number of benzene rings is 2. The molecule has 27 heavy (non-hydrogen) atoms. The van der Waals surface area contributed by atoms with Gasteiger partial charge in [0.05, 0.1) is 17.0 Å². The number of rotatable bonds is 1. The lowest BCUT2D eigenvalue weighted by molar-refractivity contribution is 0.396. The van der Waals surface area contributed by atoms with Gasteiger partial charge in [-0.3, -0.25) is 4.79 Å². The molecule has 7 heteroatoms. The molecular weight excluding hydrogens is 385 g/mol. The molecular formula is C20H13Cl2N3O2. The molecule has 0 bridgehead atoms. The molecule has 1 aliphatic rings. The molecule has 0 aliphatic carbocycles. The lowest BCUT2D eigenvalue weighted by atomic mass is 9.83. The fourth-order valence-electron chi connectivity index (χ4n) is 3.50. The number of hydrogen-bond acceptors (Lipinski definition) is 4. The number of fused-ring (bicyclic) bond motifs is 3. The number of nitriles is 1. The number of allylic oxidation sites excluding steroid dienone is 1. The summed E-state index contributed by atoms with van der Waals surface area (Å²) < 4.78 is 7.27. The Kier molecular flexibility index (Phi) is 4.11. The minimum atomic E-state index is -0.816. The van der Waals surface area contributed by atoms with Crippen molar-refractivity contribution in [2.45, 2.75) is 5.92 Å². The Morgan fingerprint density at radius 2 is 1.78 bits per heavy atom. The van der Waals surface area contributed by atoms with Crippen LogP contribution in [0.5, 0.6) is 5.75 Å². The monoisotopic (exact) mass is 397 g/mol. The zero-order chi connectivity index (χ0) is 19.3. The second kappa shape index (κ2) is 6.34. The maximum atomic E-state index is 13.2. The number of nitrogens with zero attached hydrogens (tertiary/aromatic N) is 2. The highest BCUT2D eigenvalue weighted by Gasteiger charge is 2.37. The quantitative estimate of drug-likeness (QED) is 0.670. The predicted molar refractivity (Wildman–Crippen MR) is 105 cm³/mol. The number of nitrogens with two attached hydrogens (primary N) is 1. The maximum absolute atomic E-state index is 13.2. The molecule has 5 nitrogen and oxygen atoms in total. The first-order valence-electron chi connectivity index (χ1n) is 8.08. The van der Waals surface area contributed by atoms with Gasteiger partial charge in [0, 0.05) is 28.0 Å². The predicted octanol–water partition coefficient (Wildman–Crippen LogP) is 4.06. The molecule has 4 rings (SSSR count). The highest BCUT2D eigenvalue weighted by Crippen LogP contribution is 2.46. The van der Waals surface area contributed by atoms with Crippen molar-refractivity contribution in [2.24, 2.45) is 12.8 Å². The van der Waals surface area contributed by atoms with E-state index in [9.17, 15) is 10.1 Å². The molecule has 0 amide bonds. The van der Waals surface area contributed by atoms with Crippen LogP contribution in [0.15, 0.2) is 58.7 Å². The maximum Gasteiger partial charge on any atom is 0.258 e. The molecule has 0 saturated carbocycles. The normalized spacial score (nSPS) is 16.0. The van der Waals surface area contributed by atoms with Gasteiger partial charge in [0.2, 0.25) is 5.88 Å². The van der Waals surface area contributed by atoms with E-state index in [0.29, 0.717) is 32.3 Å². The summed E-state index contributed by atoms with van der Waals surface area (Å²) in [6.07, 6.45) is 0. The summed E-state index contributed by atoms with van der Waals surface area (Å²) in [4.78, 5) is 13.2. The summed E-state index contributed by atoms with van der Waals surface area (Å²) in [6, 6.07) is 14.4. The van der Waals surface area contributed by atoms with Crippen LogP contribution in [0.2, 0.25) is 10.0 Å². The van der Waals surface area contributed by atoms with Crippen molar-refractivity contribution in [3.05, 3.63) is 85.4 Å². The van der Waals surface area contributed by atoms with Gasteiger partial charge < -0.3 is 15.0 Å². The lowest BCUT2D eigenvalue weighted by Gasteiger charge is -2.28. The van der Waals surface area contributed by atoms with Gasteiger partial charge in [-0.2, -0.15) is 5.26 Å². The second-order valence-corrected chi connectivity index (χ2v) is 7.00. The lowest BCUT2D eigenvalue weighted by Crippen LogP contribution is -2.31. The Morgan fingerprint density at radius 1 is 1.11 bits per heavy atom. The molecule has 2 aromatic carbocycles. The number of aryl methyl sites for hydroxylation is 1. The van der Waals surface area contributed by atoms with Crippen molar-refractivity contribution in [3.8, 4) is 11.8 Å². The van der Waals surface area contributed by atoms with Crippen LogP contribution in [0.3, 0.4) is 0 Å². The van der Waals surface area contributed by atoms with Crippen LogP contribution in [0.4, 0.5) is 0 Å². The number of ether oxygens (including phenoxy) is 1. The van der Waals surface area contributed by atoms with E-state index in [4.69, 9.17) is 33.7 Å². The van der Waals surface area contributed by atoms with Crippen molar-refractivity contribution in [2.75, 3.05) is 0 Å². The van der Waals surface area contributed by atoms with E-state index in [2.05, 4.69) is 6.07 Å². The first-order valence-corrected chi connectivity index (χ1v) is 8.84. The van der Waals surface area contributed by atoms with Crippen LogP contribution < -0.4 is 16.0 Å². The van der Waals surface area contributed by atoms with Crippen molar-refractivity contribution in [1.29, 1.82) is 5.26 Å². The molecule has 2 heterocycles. The topological polar surface area (TPSA) is 81.0 Å². The van der Waals surface area contributed by atoms with Crippen LogP contribution in [0.25, 0.3) is 10.9 Å². The SMILES string of the molecule is Cn1c(=O)c2c(c3ccccc31)OC(N)=C(C#N)[C@H]2c1c(Cl)cccc1Cl. The van der Waals surface area contributed by atoms with Crippen LogP contribution in [-0.2, 0) is 7.05 Å². The molecule has 0 unspecified atom stereocenters. The molecule has 1 aliphatic heterocycles. The van der Waals surface area contributed by atoms with E-state index in [1.54, 1.807) is 25.2 Å². The van der Waals surface area contributed by atoms with E-state index in [1.165, 1.54) is 4.57 Å². The summed E-state index contributed by atoms with van der Waals surface area (Å²) in [7, 11) is 1.67. The minimum Gasteiger partial charge on any atom is -0.439 e. The van der Waals surface area contributed by atoms with E-state index in [0.717, 1.165) is 0 Å². The van der Waals surface area contributed by atoms with Crippen molar-refractivity contribution >= 4 is 34.1 Å². The average Bonchev–Trinajstić information content (AvgIpc) is 2.65. The van der Waals surface area contributed by atoms with Crippen LogP contribution >= 0.6 is 23.2 Å². The third-order valence-electron chi connectivity index (χ3n) is 4.75. The van der Waals surface area contributed by atoms with Crippen molar-refractivity contribution in [3.63, 3.8) is 0 Å². The fourth-order valence-corrected chi connectivity index (χ4v) is 4.12. The molecule has 0 radical (unpaired) electrons. The van der Waals surface area contributed by atoms with Gasteiger partial charge in [0.25, 0.3) is 5.56 Å². The Bertz CT molecular complexity index is 1220. The molecule has 3 aromatic rings. The molecule has 0 spiro atoms. The van der Waals surface area contributed by atoms with Gasteiger partial charge in [-0.15, -0.1) is 0 Å². The van der Waals surface area contributed by atoms with Gasteiger partial charge >= 0.3 is 0 Å². The summed E-state index contributed by atoms with van der Waals surface area (Å²) in [5, 5.41) is 11.1.